The molecule has 1 aliphatic heterocycles. The Bertz CT molecular complexity index is 791. The maximum atomic E-state index is 12.3. The van der Waals surface area contributed by atoms with E-state index < -0.39 is 0 Å². The van der Waals surface area contributed by atoms with E-state index in [0.717, 1.165) is 49.7 Å². The van der Waals surface area contributed by atoms with Crippen molar-refractivity contribution in [3.63, 3.8) is 0 Å². The molecular weight excluding hydrogens is 340 g/mol. The Morgan fingerprint density at radius 3 is 2.74 bits per heavy atom. The predicted molar refractivity (Wildman–Crippen MR) is 105 cm³/mol. The molecule has 3 rings (SSSR count). The Morgan fingerprint density at radius 1 is 1.22 bits per heavy atom. The highest BCUT2D eigenvalue weighted by Crippen LogP contribution is 2.15. The van der Waals surface area contributed by atoms with E-state index in [2.05, 4.69) is 45.0 Å². The van der Waals surface area contributed by atoms with Gasteiger partial charge in [0.2, 0.25) is 5.91 Å². The van der Waals surface area contributed by atoms with E-state index in [4.69, 9.17) is 0 Å². The van der Waals surface area contributed by atoms with Gasteiger partial charge in [0.15, 0.2) is 0 Å². The first-order chi connectivity index (χ1) is 13.0. The van der Waals surface area contributed by atoms with Crippen LogP contribution in [0.2, 0.25) is 0 Å². The third kappa shape index (κ3) is 4.58. The van der Waals surface area contributed by atoms with Crippen LogP contribution in [0.5, 0.6) is 0 Å². The first-order valence-corrected chi connectivity index (χ1v) is 10.1. The molecule has 1 N–H and O–H groups in total. The second-order valence-electron chi connectivity index (χ2n) is 7.42. The van der Waals surface area contributed by atoms with Gasteiger partial charge in [-0.05, 0) is 44.9 Å². The van der Waals surface area contributed by atoms with Gasteiger partial charge in [-0.15, -0.1) is 0 Å². The van der Waals surface area contributed by atoms with Gasteiger partial charge in [0.25, 0.3) is 0 Å². The van der Waals surface area contributed by atoms with Gasteiger partial charge in [0, 0.05) is 18.8 Å². The molecule has 0 saturated carbocycles. The number of carbonyl (C=O) groups is 1. The Balaban J connectivity index is 1.54. The fraction of sp³-hybridized carbons (Fsp3) is 0.650. The molecule has 0 unspecified atom stereocenters. The van der Waals surface area contributed by atoms with Crippen molar-refractivity contribution in [1.29, 1.82) is 0 Å². The molecule has 2 aromatic heterocycles. The summed E-state index contributed by atoms with van der Waals surface area (Å²) >= 11 is 0. The van der Waals surface area contributed by atoms with Crippen LogP contribution in [0.15, 0.2) is 6.07 Å². The highest BCUT2D eigenvalue weighted by atomic mass is 16.2. The van der Waals surface area contributed by atoms with Crippen molar-refractivity contribution in [3.8, 4) is 0 Å². The summed E-state index contributed by atoms with van der Waals surface area (Å²) in [6.45, 7) is 13.2. The molecular formula is C20H32N6O. The molecule has 0 fully saturated rings. The third-order valence-electron chi connectivity index (χ3n) is 5.40. The summed E-state index contributed by atoms with van der Waals surface area (Å²) in [5, 5.41) is 12.1. The number of nitrogens with one attached hydrogen (secondary N) is 1. The monoisotopic (exact) mass is 372 g/mol. The number of aryl methyl sites for hydroxylation is 1. The van der Waals surface area contributed by atoms with Crippen molar-refractivity contribution < 1.29 is 4.79 Å². The lowest BCUT2D eigenvalue weighted by Crippen LogP contribution is -2.34. The standard InChI is InChI=1S/C20H32N6O/c1-5-7-8-24-9-10-25-18(13-24)11-17(23-25)12-21-20(27)14-26-16(4)19(6-2)15(3)22-26/h11H,5-10,12-14H2,1-4H3,(H,21,27). The van der Waals surface area contributed by atoms with Gasteiger partial charge in [-0.3, -0.25) is 19.1 Å². The topological polar surface area (TPSA) is 68.0 Å². The van der Waals surface area contributed by atoms with Crippen LogP contribution in [0.4, 0.5) is 0 Å². The molecule has 1 aliphatic rings. The van der Waals surface area contributed by atoms with Gasteiger partial charge in [-0.2, -0.15) is 10.2 Å². The highest BCUT2D eigenvalue weighted by molar-refractivity contribution is 5.75. The largest absolute Gasteiger partial charge is 0.349 e. The van der Waals surface area contributed by atoms with Crippen molar-refractivity contribution in [3.05, 3.63) is 34.4 Å². The zero-order chi connectivity index (χ0) is 19.4. The molecule has 0 spiro atoms. The molecule has 0 aromatic carbocycles. The van der Waals surface area contributed by atoms with Crippen molar-refractivity contribution >= 4 is 5.91 Å². The first-order valence-electron chi connectivity index (χ1n) is 10.1. The van der Waals surface area contributed by atoms with Gasteiger partial charge in [0.1, 0.15) is 6.54 Å². The Kier molecular flexibility index (Phi) is 6.31. The van der Waals surface area contributed by atoms with Crippen LogP contribution in [0.25, 0.3) is 0 Å². The van der Waals surface area contributed by atoms with Crippen LogP contribution in [0.3, 0.4) is 0 Å². The predicted octanol–water partition coefficient (Wildman–Crippen LogP) is 2.19. The van der Waals surface area contributed by atoms with Crippen molar-refractivity contribution in [1.82, 2.24) is 29.8 Å². The smallest absolute Gasteiger partial charge is 0.242 e. The maximum absolute atomic E-state index is 12.3. The summed E-state index contributed by atoms with van der Waals surface area (Å²) in [6.07, 6.45) is 3.40. The summed E-state index contributed by atoms with van der Waals surface area (Å²) in [4.78, 5) is 14.8. The fourth-order valence-corrected chi connectivity index (χ4v) is 3.82. The number of rotatable bonds is 8. The minimum absolute atomic E-state index is 0.0289. The molecule has 2 aromatic rings. The van der Waals surface area contributed by atoms with Crippen LogP contribution >= 0.6 is 0 Å². The van der Waals surface area contributed by atoms with E-state index >= 15 is 0 Å². The molecule has 0 atom stereocenters. The number of aromatic nitrogens is 4. The number of fused-ring (bicyclic) bond motifs is 1. The summed E-state index contributed by atoms with van der Waals surface area (Å²) in [6, 6.07) is 2.12. The number of carbonyl (C=O) groups excluding carboxylic acids is 1. The van der Waals surface area contributed by atoms with Crippen molar-refractivity contribution in [2.75, 3.05) is 13.1 Å². The van der Waals surface area contributed by atoms with Crippen LogP contribution in [0, 0.1) is 13.8 Å². The minimum atomic E-state index is -0.0289. The number of unbranched alkanes of at least 4 members (excludes halogenated alkanes) is 1. The SMILES string of the molecule is CCCCN1CCn2nc(CNC(=O)Cn3nc(C)c(CC)c3C)cc2C1. The first kappa shape index (κ1) is 19.6. The summed E-state index contributed by atoms with van der Waals surface area (Å²) in [5.74, 6) is -0.0289. The lowest BCUT2D eigenvalue weighted by Gasteiger charge is -2.27. The molecule has 0 aliphatic carbocycles. The van der Waals surface area contributed by atoms with Crippen LogP contribution in [-0.2, 0) is 37.4 Å². The van der Waals surface area contributed by atoms with Crippen LogP contribution < -0.4 is 5.32 Å². The summed E-state index contributed by atoms with van der Waals surface area (Å²) in [7, 11) is 0. The van der Waals surface area contributed by atoms with Crippen LogP contribution in [-0.4, -0.2) is 43.5 Å². The molecule has 1 amide bonds. The average Bonchev–Trinajstić information content (AvgIpc) is 3.17. The second kappa shape index (κ2) is 8.69. The van der Waals surface area contributed by atoms with Crippen molar-refractivity contribution in [2.45, 2.75) is 73.1 Å². The van der Waals surface area contributed by atoms with Crippen LogP contribution in [0.1, 0.15) is 55.0 Å². The molecule has 3 heterocycles. The van der Waals surface area contributed by atoms with E-state index in [0.29, 0.717) is 6.54 Å². The number of nitrogens with zero attached hydrogens (tertiary/aromatic N) is 5. The van der Waals surface area contributed by atoms with Gasteiger partial charge >= 0.3 is 0 Å². The van der Waals surface area contributed by atoms with Gasteiger partial charge in [-0.25, -0.2) is 0 Å². The third-order valence-corrected chi connectivity index (χ3v) is 5.40. The number of hydrogen-bond acceptors (Lipinski definition) is 4. The van der Waals surface area contributed by atoms with E-state index in [-0.39, 0.29) is 12.5 Å². The minimum Gasteiger partial charge on any atom is -0.349 e. The quantitative estimate of drug-likeness (QED) is 0.771. The summed E-state index contributed by atoms with van der Waals surface area (Å²) in [5.41, 5.74) is 5.50. The van der Waals surface area contributed by atoms with E-state index in [1.54, 1.807) is 4.68 Å². The number of hydrogen-bond donors (Lipinski definition) is 1. The molecule has 27 heavy (non-hydrogen) atoms. The lowest BCUT2D eigenvalue weighted by molar-refractivity contribution is -0.122. The molecule has 7 heteroatoms. The summed E-state index contributed by atoms with van der Waals surface area (Å²) < 4.78 is 3.88. The van der Waals surface area contributed by atoms with Gasteiger partial charge in [-0.1, -0.05) is 20.3 Å². The van der Waals surface area contributed by atoms with Gasteiger partial charge in [0.05, 0.1) is 30.2 Å². The van der Waals surface area contributed by atoms with E-state index in [1.165, 1.54) is 24.1 Å². The fourth-order valence-electron chi connectivity index (χ4n) is 3.82. The maximum Gasteiger partial charge on any atom is 0.242 e. The Morgan fingerprint density at radius 2 is 2.04 bits per heavy atom. The zero-order valence-corrected chi connectivity index (χ0v) is 17.1. The van der Waals surface area contributed by atoms with E-state index in [9.17, 15) is 4.79 Å². The Labute approximate surface area is 161 Å². The molecule has 148 valence electrons. The van der Waals surface area contributed by atoms with Gasteiger partial charge < -0.3 is 5.32 Å². The number of amides is 1. The average molecular weight is 373 g/mol. The van der Waals surface area contributed by atoms with Crippen molar-refractivity contribution in [2.24, 2.45) is 0 Å². The second-order valence-corrected chi connectivity index (χ2v) is 7.42. The molecule has 0 radical (unpaired) electrons. The normalized spacial score (nSPS) is 14.4. The molecule has 7 nitrogen and oxygen atoms in total. The molecule has 0 bridgehead atoms. The van der Waals surface area contributed by atoms with E-state index in [1.807, 2.05) is 13.8 Å². The zero-order valence-electron chi connectivity index (χ0n) is 17.1. The lowest BCUT2D eigenvalue weighted by atomic mass is 10.1. The molecule has 0 saturated heterocycles. The highest BCUT2D eigenvalue weighted by Gasteiger charge is 2.18. The Hall–Kier alpha value is -2.15.